The zero-order valence-corrected chi connectivity index (χ0v) is 14.7. The maximum atomic E-state index is 13.8. The molecule has 138 valence electrons. The van der Waals surface area contributed by atoms with Gasteiger partial charge in [-0.1, -0.05) is 11.6 Å². The van der Waals surface area contributed by atoms with Crippen LogP contribution in [0.4, 0.5) is 14.5 Å². The maximum absolute atomic E-state index is 13.8. The topological polar surface area (TPSA) is 58.6 Å². The van der Waals surface area contributed by atoms with E-state index in [9.17, 15) is 18.4 Å². The highest BCUT2D eigenvalue weighted by Gasteiger charge is 2.16. The Labute approximate surface area is 154 Å². The summed E-state index contributed by atoms with van der Waals surface area (Å²) in [5.74, 6) is -1.92. The number of carbonyl (C=O) groups excluding carboxylic acids is 2. The fourth-order valence-corrected chi connectivity index (χ4v) is 2.31. The molecule has 26 heavy (non-hydrogen) atoms. The molecule has 0 aromatic heterocycles. The van der Waals surface area contributed by atoms with Gasteiger partial charge in [0.05, 0.1) is 5.69 Å². The zero-order valence-electron chi connectivity index (χ0n) is 14.0. The van der Waals surface area contributed by atoms with Crippen molar-refractivity contribution in [3.05, 3.63) is 59.1 Å². The summed E-state index contributed by atoms with van der Waals surface area (Å²) in [6.07, 6.45) is 0. The van der Waals surface area contributed by atoms with Crippen LogP contribution in [0.25, 0.3) is 0 Å². The number of carbonyl (C=O) groups is 2. The molecule has 0 atom stereocenters. The highest BCUT2D eigenvalue weighted by Crippen LogP contribution is 2.20. The zero-order chi connectivity index (χ0) is 19.1. The minimum atomic E-state index is -0.849. The minimum absolute atomic E-state index is 0.0323. The highest BCUT2D eigenvalue weighted by molar-refractivity contribution is 6.30. The molecule has 0 saturated carbocycles. The summed E-state index contributed by atoms with van der Waals surface area (Å²) in [5.41, 5.74) is -0.0504. The number of rotatable bonds is 7. The van der Waals surface area contributed by atoms with Gasteiger partial charge in [0.1, 0.15) is 17.4 Å². The molecule has 0 aliphatic carbocycles. The van der Waals surface area contributed by atoms with E-state index >= 15 is 0 Å². The van der Waals surface area contributed by atoms with Crippen LogP contribution in [-0.2, 0) is 9.59 Å². The molecule has 0 heterocycles. The molecular weight excluding hydrogens is 366 g/mol. The lowest BCUT2D eigenvalue weighted by Gasteiger charge is -2.22. The van der Waals surface area contributed by atoms with Crippen molar-refractivity contribution in [1.29, 1.82) is 0 Å². The maximum Gasteiger partial charge on any atom is 0.258 e. The van der Waals surface area contributed by atoms with Crippen molar-refractivity contribution in [2.24, 2.45) is 0 Å². The average Bonchev–Trinajstić information content (AvgIpc) is 2.59. The standard InChI is InChI=1S/C18H17ClF2N2O3/c1-12(24)23(17-7-4-14(20)10-16(17)21)9-8-22-18(25)11-26-15-5-2-13(19)3-6-15/h2-7,10H,8-9,11H2,1H3,(H,22,25). The molecule has 0 fully saturated rings. The Morgan fingerprint density at radius 3 is 2.46 bits per heavy atom. The number of nitrogens with one attached hydrogen (secondary N) is 1. The highest BCUT2D eigenvalue weighted by atomic mass is 35.5. The van der Waals surface area contributed by atoms with E-state index < -0.39 is 23.4 Å². The summed E-state index contributed by atoms with van der Waals surface area (Å²) in [5, 5.41) is 3.12. The number of nitrogens with zero attached hydrogens (tertiary/aromatic N) is 1. The van der Waals surface area contributed by atoms with E-state index in [4.69, 9.17) is 16.3 Å². The van der Waals surface area contributed by atoms with Crippen molar-refractivity contribution in [3.63, 3.8) is 0 Å². The van der Waals surface area contributed by atoms with Gasteiger partial charge in [-0.25, -0.2) is 8.78 Å². The summed E-state index contributed by atoms with van der Waals surface area (Å²) in [6, 6.07) is 9.47. The van der Waals surface area contributed by atoms with E-state index in [1.54, 1.807) is 24.3 Å². The number of hydrogen-bond donors (Lipinski definition) is 1. The van der Waals surface area contributed by atoms with Crippen LogP contribution >= 0.6 is 11.6 Å². The first-order valence-electron chi connectivity index (χ1n) is 7.75. The monoisotopic (exact) mass is 382 g/mol. The fraction of sp³-hybridized carbons (Fsp3) is 0.222. The van der Waals surface area contributed by atoms with E-state index in [-0.39, 0.29) is 25.4 Å². The summed E-state index contributed by atoms with van der Waals surface area (Å²) in [6.45, 7) is 1.16. The second kappa shape index (κ2) is 9.15. The first-order valence-corrected chi connectivity index (χ1v) is 8.13. The van der Waals surface area contributed by atoms with Gasteiger partial charge in [-0.2, -0.15) is 0 Å². The Hall–Kier alpha value is -2.67. The third kappa shape index (κ3) is 5.70. The average molecular weight is 383 g/mol. The Morgan fingerprint density at radius 2 is 1.85 bits per heavy atom. The molecule has 2 rings (SSSR count). The Balaban J connectivity index is 1.84. The van der Waals surface area contributed by atoms with Crippen LogP contribution < -0.4 is 15.0 Å². The SMILES string of the molecule is CC(=O)N(CCNC(=O)COc1ccc(Cl)cc1)c1ccc(F)cc1F. The van der Waals surface area contributed by atoms with Gasteiger partial charge in [0.2, 0.25) is 5.91 Å². The lowest BCUT2D eigenvalue weighted by molar-refractivity contribution is -0.123. The Bertz CT molecular complexity index is 785. The smallest absolute Gasteiger partial charge is 0.258 e. The molecule has 2 aromatic carbocycles. The first-order chi connectivity index (χ1) is 12.4. The third-order valence-corrected chi connectivity index (χ3v) is 3.67. The largest absolute Gasteiger partial charge is 0.484 e. The number of halogens is 3. The van der Waals surface area contributed by atoms with Crippen molar-refractivity contribution in [3.8, 4) is 5.75 Å². The summed E-state index contributed by atoms with van der Waals surface area (Å²) < 4.78 is 32.1. The molecular formula is C18H17ClF2N2O3. The van der Waals surface area contributed by atoms with Crippen molar-refractivity contribution < 1.29 is 23.1 Å². The van der Waals surface area contributed by atoms with Crippen molar-refractivity contribution in [2.75, 3.05) is 24.6 Å². The van der Waals surface area contributed by atoms with E-state index in [1.165, 1.54) is 13.0 Å². The van der Waals surface area contributed by atoms with Gasteiger partial charge < -0.3 is 15.0 Å². The summed E-state index contributed by atoms with van der Waals surface area (Å²) in [7, 11) is 0. The number of benzene rings is 2. The van der Waals surface area contributed by atoms with E-state index in [0.717, 1.165) is 11.0 Å². The first kappa shape index (κ1) is 19.7. The Morgan fingerprint density at radius 1 is 1.15 bits per heavy atom. The molecule has 8 heteroatoms. The molecule has 0 spiro atoms. The second-order valence-corrected chi connectivity index (χ2v) is 5.80. The van der Waals surface area contributed by atoms with Crippen LogP contribution in [0.15, 0.2) is 42.5 Å². The van der Waals surface area contributed by atoms with Crippen molar-refractivity contribution in [1.82, 2.24) is 5.32 Å². The van der Waals surface area contributed by atoms with Crippen LogP contribution in [0.3, 0.4) is 0 Å². The summed E-state index contributed by atoms with van der Waals surface area (Å²) in [4.78, 5) is 24.6. The second-order valence-electron chi connectivity index (χ2n) is 5.36. The van der Waals surface area contributed by atoms with Crippen molar-refractivity contribution >= 4 is 29.1 Å². The van der Waals surface area contributed by atoms with Crippen LogP contribution in [0.5, 0.6) is 5.75 Å². The molecule has 2 amide bonds. The van der Waals surface area contributed by atoms with Gasteiger partial charge in [-0.15, -0.1) is 0 Å². The molecule has 5 nitrogen and oxygen atoms in total. The van der Waals surface area contributed by atoms with Gasteiger partial charge in [0, 0.05) is 31.1 Å². The van der Waals surface area contributed by atoms with Crippen LogP contribution in [0.1, 0.15) is 6.92 Å². The quantitative estimate of drug-likeness (QED) is 0.800. The fourth-order valence-electron chi connectivity index (χ4n) is 2.19. The number of hydrogen-bond acceptors (Lipinski definition) is 3. The lowest BCUT2D eigenvalue weighted by Crippen LogP contribution is -2.39. The predicted octanol–water partition coefficient (Wildman–Crippen LogP) is 3.17. The molecule has 0 saturated heterocycles. The molecule has 2 aromatic rings. The van der Waals surface area contributed by atoms with Gasteiger partial charge in [-0.3, -0.25) is 9.59 Å². The summed E-state index contributed by atoms with van der Waals surface area (Å²) >= 11 is 5.75. The minimum Gasteiger partial charge on any atom is -0.484 e. The number of anilines is 1. The van der Waals surface area contributed by atoms with Crippen LogP contribution in [-0.4, -0.2) is 31.5 Å². The third-order valence-electron chi connectivity index (χ3n) is 3.42. The van der Waals surface area contributed by atoms with Crippen LogP contribution in [0, 0.1) is 11.6 Å². The molecule has 0 bridgehead atoms. The lowest BCUT2D eigenvalue weighted by atomic mass is 10.2. The van der Waals surface area contributed by atoms with E-state index in [2.05, 4.69) is 5.32 Å². The van der Waals surface area contributed by atoms with Crippen LogP contribution in [0.2, 0.25) is 5.02 Å². The normalized spacial score (nSPS) is 10.3. The van der Waals surface area contributed by atoms with Gasteiger partial charge in [0.25, 0.3) is 5.91 Å². The van der Waals surface area contributed by atoms with Gasteiger partial charge in [0.15, 0.2) is 6.61 Å². The molecule has 0 radical (unpaired) electrons. The number of ether oxygens (including phenoxy) is 1. The molecule has 1 N–H and O–H groups in total. The Kier molecular flexibility index (Phi) is 6.91. The molecule has 0 aliphatic heterocycles. The van der Waals surface area contributed by atoms with E-state index in [1.807, 2.05) is 0 Å². The van der Waals surface area contributed by atoms with Gasteiger partial charge >= 0.3 is 0 Å². The van der Waals surface area contributed by atoms with Crippen molar-refractivity contribution in [2.45, 2.75) is 6.92 Å². The molecule has 0 unspecified atom stereocenters. The number of amides is 2. The van der Waals surface area contributed by atoms with Gasteiger partial charge in [-0.05, 0) is 36.4 Å². The molecule has 0 aliphatic rings. The van der Waals surface area contributed by atoms with E-state index in [0.29, 0.717) is 16.8 Å². The predicted molar refractivity (Wildman–Crippen MR) is 94.3 cm³/mol.